The van der Waals surface area contributed by atoms with E-state index in [0.717, 1.165) is 16.9 Å². The molecular formula is C19H23N3O2S. The molecule has 3 aromatic rings. The van der Waals surface area contributed by atoms with E-state index in [1.807, 2.05) is 58.0 Å². The van der Waals surface area contributed by atoms with Gasteiger partial charge in [0.1, 0.15) is 5.82 Å². The Bertz CT molecular complexity index is 986. The van der Waals surface area contributed by atoms with E-state index in [1.165, 1.54) is 0 Å². The molecule has 1 heterocycles. The summed E-state index contributed by atoms with van der Waals surface area (Å²) < 4.78 is 28.1. The zero-order valence-electron chi connectivity index (χ0n) is 14.9. The summed E-state index contributed by atoms with van der Waals surface area (Å²) in [6.45, 7) is 7.89. The van der Waals surface area contributed by atoms with E-state index in [0.29, 0.717) is 5.52 Å². The lowest BCUT2D eigenvalue weighted by Gasteiger charge is -2.27. The third kappa shape index (κ3) is 3.75. The maximum atomic E-state index is 12.7. The number of H-pyrrole nitrogens is 1. The van der Waals surface area contributed by atoms with E-state index in [2.05, 4.69) is 14.7 Å². The molecule has 5 nitrogen and oxygen atoms in total. The van der Waals surface area contributed by atoms with Crippen LogP contribution in [0, 0.1) is 5.41 Å². The zero-order chi connectivity index (χ0) is 18.2. The summed E-state index contributed by atoms with van der Waals surface area (Å²) >= 11 is 0. The lowest BCUT2D eigenvalue weighted by atomic mass is 9.89. The molecule has 0 aliphatic rings. The summed E-state index contributed by atoms with van der Waals surface area (Å²) in [7, 11) is -3.59. The standard InChI is InChI=1S/C19H23N3O2S/c1-13(19(2,3)4)22-25(23,24)15-10-11-16-17(12-15)21-18(20-16)14-8-6-5-7-9-14/h5-13,22H,1-4H3,(H,20,21). The minimum atomic E-state index is -3.59. The highest BCUT2D eigenvalue weighted by molar-refractivity contribution is 7.89. The Morgan fingerprint density at radius 2 is 1.76 bits per heavy atom. The minimum Gasteiger partial charge on any atom is -0.338 e. The smallest absolute Gasteiger partial charge is 0.240 e. The molecule has 0 radical (unpaired) electrons. The predicted molar refractivity (Wildman–Crippen MR) is 101 cm³/mol. The Labute approximate surface area is 148 Å². The molecule has 2 N–H and O–H groups in total. The van der Waals surface area contributed by atoms with Crippen molar-refractivity contribution >= 4 is 21.1 Å². The molecule has 3 rings (SSSR count). The number of aromatic amines is 1. The predicted octanol–water partition coefficient (Wildman–Crippen LogP) is 3.94. The third-order valence-corrected chi connectivity index (χ3v) is 5.98. The van der Waals surface area contributed by atoms with Gasteiger partial charge in [-0.15, -0.1) is 0 Å². The molecule has 6 heteroatoms. The molecule has 2 aromatic carbocycles. The summed E-state index contributed by atoms with van der Waals surface area (Å²) in [5, 5.41) is 0. The van der Waals surface area contributed by atoms with E-state index in [9.17, 15) is 8.42 Å². The Kier molecular flexibility index (Phi) is 4.43. The topological polar surface area (TPSA) is 74.8 Å². The highest BCUT2D eigenvalue weighted by Crippen LogP contribution is 2.24. The SMILES string of the molecule is CC(NS(=O)(=O)c1ccc2nc(-c3ccccc3)[nH]c2c1)C(C)(C)C. The minimum absolute atomic E-state index is 0.161. The molecule has 25 heavy (non-hydrogen) atoms. The van der Waals surface area contributed by atoms with Crippen LogP contribution in [-0.2, 0) is 10.0 Å². The van der Waals surface area contributed by atoms with Crippen LogP contribution in [0.2, 0.25) is 0 Å². The number of fused-ring (bicyclic) bond motifs is 1. The first-order valence-corrected chi connectivity index (χ1v) is 9.73. The van der Waals surface area contributed by atoms with Gasteiger partial charge in [-0.1, -0.05) is 51.1 Å². The van der Waals surface area contributed by atoms with Crippen molar-refractivity contribution in [2.24, 2.45) is 5.41 Å². The monoisotopic (exact) mass is 357 g/mol. The molecule has 132 valence electrons. The molecule has 1 unspecified atom stereocenters. The number of rotatable bonds is 4. The van der Waals surface area contributed by atoms with Crippen molar-refractivity contribution in [1.29, 1.82) is 0 Å². The number of hydrogen-bond donors (Lipinski definition) is 2. The summed E-state index contributed by atoms with van der Waals surface area (Å²) in [6.07, 6.45) is 0. The molecule has 1 atom stereocenters. The summed E-state index contributed by atoms with van der Waals surface area (Å²) in [5.41, 5.74) is 2.24. The Hall–Kier alpha value is -2.18. The fourth-order valence-electron chi connectivity index (χ4n) is 2.37. The van der Waals surface area contributed by atoms with Crippen LogP contribution in [0.25, 0.3) is 22.4 Å². The molecule has 0 fully saturated rings. The van der Waals surface area contributed by atoms with Crippen LogP contribution in [0.4, 0.5) is 0 Å². The van der Waals surface area contributed by atoms with Crippen molar-refractivity contribution in [3.8, 4) is 11.4 Å². The van der Waals surface area contributed by atoms with Crippen molar-refractivity contribution in [1.82, 2.24) is 14.7 Å². The number of aromatic nitrogens is 2. The number of nitrogens with zero attached hydrogens (tertiary/aromatic N) is 1. The van der Waals surface area contributed by atoms with Gasteiger partial charge in [-0.25, -0.2) is 18.1 Å². The molecule has 0 aliphatic carbocycles. The highest BCUT2D eigenvalue weighted by Gasteiger charge is 2.26. The fourth-order valence-corrected chi connectivity index (χ4v) is 3.84. The van der Waals surface area contributed by atoms with Crippen LogP contribution in [0.3, 0.4) is 0 Å². The average molecular weight is 357 g/mol. The lowest BCUT2D eigenvalue weighted by molar-refractivity contribution is 0.317. The maximum absolute atomic E-state index is 12.7. The third-order valence-electron chi connectivity index (χ3n) is 4.44. The largest absolute Gasteiger partial charge is 0.338 e. The first-order valence-electron chi connectivity index (χ1n) is 8.24. The van der Waals surface area contributed by atoms with Gasteiger partial charge in [0, 0.05) is 11.6 Å². The quantitative estimate of drug-likeness (QED) is 0.742. The van der Waals surface area contributed by atoms with Gasteiger partial charge < -0.3 is 4.98 Å². The zero-order valence-corrected chi connectivity index (χ0v) is 15.7. The van der Waals surface area contributed by atoms with Gasteiger partial charge in [0.2, 0.25) is 10.0 Å². The van der Waals surface area contributed by atoms with Gasteiger partial charge in [-0.2, -0.15) is 0 Å². The van der Waals surface area contributed by atoms with Crippen LogP contribution in [-0.4, -0.2) is 24.4 Å². The van der Waals surface area contributed by atoms with E-state index in [1.54, 1.807) is 18.2 Å². The molecule has 0 aliphatic heterocycles. The van der Waals surface area contributed by atoms with Crippen molar-refractivity contribution in [2.45, 2.75) is 38.6 Å². The van der Waals surface area contributed by atoms with Gasteiger partial charge in [0.05, 0.1) is 15.9 Å². The van der Waals surface area contributed by atoms with Crippen LogP contribution in [0.15, 0.2) is 53.4 Å². The van der Waals surface area contributed by atoms with Crippen LogP contribution in [0.1, 0.15) is 27.7 Å². The Balaban J connectivity index is 1.96. The second-order valence-electron chi connectivity index (χ2n) is 7.34. The number of sulfonamides is 1. The van der Waals surface area contributed by atoms with Crippen LogP contribution in [0.5, 0.6) is 0 Å². The maximum Gasteiger partial charge on any atom is 0.240 e. The van der Waals surface area contributed by atoms with Crippen molar-refractivity contribution in [2.75, 3.05) is 0 Å². The number of nitrogens with one attached hydrogen (secondary N) is 2. The summed E-state index contributed by atoms with van der Waals surface area (Å²) in [5.74, 6) is 0.723. The highest BCUT2D eigenvalue weighted by atomic mass is 32.2. The van der Waals surface area contributed by atoms with Gasteiger partial charge in [-0.05, 0) is 30.5 Å². The van der Waals surface area contributed by atoms with Gasteiger partial charge in [0.25, 0.3) is 0 Å². The van der Waals surface area contributed by atoms with Gasteiger partial charge in [-0.3, -0.25) is 0 Å². The van der Waals surface area contributed by atoms with Crippen molar-refractivity contribution in [3.63, 3.8) is 0 Å². The Morgan fingerprint density at radius 1 is 1.08 bits per heavy atom. The molecule has 0 saturated carbocycles. The van der Waals surface area contributed by atoms with Gasteiger partial charge in [0.15, 0.2) is 0 Å². The molecular weight excluding hydrogens is 334 g/mol. The fraction of sp³-hybridized carbons (Fsp3) is 0.316. The number of benzene rings is 2. The normalized spacial score (nSPS) is 13.9. The second-order valence-corrected chi connectivity index (χ2v) is 9.05. The van der Waals surface area contributed by atoms with Crippen molar-refractivity contribution in [3.05, 3.63) is 48.5 Å². The first-order chi connectivity index (χ1) is 11.7. The average Bonchev–Trinajstić information content (AvgIpc) is 2.97. The first kappa shape index (κ1) is 17.6. The Morgan fingerprint density at radius 3 is 2.40 bits per heavy atom. The van der Waals surface area contributed by atoms with Crippen LogP contribution >= 0.6 is 0 Å². The lowest BCUT2D eigenvalue weighted by Crippen LogP contribution is -2.41. The number of imidazole rings is 1. The molecule has 0 bridgehead atoms. The van der Waals surface area contributed by atoms with Crippen LogP contribution < -0.4 is 4.72 Å². The second kappa shape index (κ2) is 6.28. The van der Waals surface area contributed by atoms with E-state index >= 15 is 0 Å². The molecule has 0 spiro atoms. The van der Waals surface area contributed by atoms with E-state index in [-0.39, 0.29) is 16.4 Å². The van der Waals surface area contributed by atoms with E-state index < -0.39 is 10.0 Å². The summed E-state index contributed by atoms with van der Waals surface area (Å²) in [6, 6.07) is 14.5. The summed E-state index contributed by atoms with van der Waals surface area (Å²) in [4.78, 5) is 7.98. The molecule has 0 amide bonds. The van der Waals surface area contributed by atoms with E-state index in [4.69, 9.17) is 0 Å². The molecule has 1 aromatic heterocycles. The van der Waals surface area contributed by atoms with Crippen molar-refractivity contribution < 1.29 is 8.42 Å². The number of hydrogen-bond acceptors (Lipinski definition) is 3. The molecule has 0 saturated heterocycles. The van der Waals surface area contributed by atoms with Gasteiger partial charge >= 0.3 is 0 Å².